The smallest absolute Gasteiger partial charge is 0.299 e. The van der Waals surface area contributed by atoms with Crippen LogP contribution in [0.15, 0.2) is 18.2 Å². The van der Waals surface area contributed by atoms with Gasteiger partial charge in [0.25, 0.3) is 11.7 Å². The van der Waals surface area contributed by atoms with Crippen LogP contribution in [0.4, 0.5) is 5.69 Å². The number of halogens is 2. The van der Waals surface area contributed by atoms with E-state index in [0.717, 1.165) is 18.2 Å². The third-order valence-corrected chi connectivity index (χ3v) is 4.07. The van der Waals surface area contributed by atoms with Crippen molar-refractivity contribution in [2.45, 2.75) is 19.8 Å². The lowest BCUT2D eigenvalue weighted by Gasteiger charge is -2.18. The highest BCUT2D eigenvalue weighted by atomic mass is 79.9. The Morgan fingerprint density at radius 2 is 2.05 bits per heavy atom. The van der Waals surface area contributed by atoms with Gasteiger partial charge in [-0.1, -0.05) is 34.5 Å². The predicted octanol–water partition coefficient (Wildman–Crippen LogP) is 3.68. The van der Waals surface area contributed by atoms with E-state index in [0.29, 0.717) is 28.7 Å². The number of anilines is 1. The van der Waals surface area contributed by atoms with Gasteiger partial charge in [0.15, 0.2) is 0 Å². The zero-order chi connectivity index (χ0) is 14.0. The van der Waals surface area contributed by atoms with Gasteiger partial charge in [0.1, 0.15) is 0 Å². The Bertz CT molecular complexity index is 518. The molecular formula is C14H15BrClNO2. The van der Waals surface area contributed by atoms with E-state index in [-0.39, 0.29) is 0 Å². The molecule has 1 aromatic rings. The first kappa shape index (κ1) is 14.5. The van der Waals surface area contributed by atoms with Crippen molar-refractivity contribution in [2.75, 3.05) is 16.8 Å². The van der Waals surface area contributed by atoms with Crippen molar-refractivity contribution in [1.29, 1.82) is 0 Å². The molecule has 0 N–H and O–H groups in total. The minimum Gasteiger partial charge on any atom is -0.305 e. The van der Waals surface area contributed by atoms with Crippen LogP contribution in [0.25, 0.3) is 0 Å². The van der Waals surface area contributed by atoms with Crippen LogP contribution >= 0.6 is 27.5 Å². The Kier molecular flexibility index (Phi) is 4.63. The number of carbonyl (C=O) groups is 2. The lowest BCUT2D eigenvalue weighted by Crippen LogP contribution is -2.31. The molecule has 0 radical (unpaired) electrons. The molecule has 5 heteroatoms. The molecular weight excluding hydrogens is 330 g/mol. The molecule has 0 saturated heterocycles. The molecule has 1 aliphatic heterocycles. The Hall–Kier alpha value is -0.870. The Labute approximate surface area is 126 Å². The molecule has 19 heavy (non-hydrogen) atoms. The van der Waals surface area contributed by atoms with Gasteiger partial charge in [-0.15, -0.1) is 0 Å². The highest BCUT2D eigenvalue weighted by molar-refractivity contribution is 9.09. The van der Waals surface area contributed by atoms with Gasteiger partial charge < -0.3 is 4.90 Å². The molecule has 1 aromatic carbocycles. The molecule has 0 aliphatic carbocycles. The van der Waals surface area contributed by atoms with Crippen molar-refractivity contribution in [3.63, 3.8) is 0 Å². The van der Waals surface area contributed by atoms with E-state index in [4.69, 9.17) is 11.6 Å². The SMILES string of the molecule is CC(CCBr)CCN1C(=O)C(=O)c2cc(Cl)ccc21. The third kappa shape index (κ3) is 3.00. The van der Waals surface area contributed by atoms with E-state index in [9.17, 15) is 9.59 Å². The lowest BCUT2D eigenvalue weighted by molar-refractivity contribution is -0.114. The Morgan fingerprint density at radius 3 is 2.74 bits per heavy atom. The third-order valence-electron chi connectivity index (χ3n) is 3.38. The maximum Gasteiger partial charge on any atom is 0.299 e. The van der Waals surface area contributed by atoms with E-state index in [2.05, 4.69) is 22.9 Å². The predicted molar refractivity (Wildman–Crippen MR) is 80.3 cm³/mol. The number of nitrogens with zero attached hydrogens (tertiary/aromatic N) is 1. The second-order valence-corrected chi connectivity index (χ2v) is 6.05. The molecule has 1 amide bonds. The van der Waals surface area contributed by atoms with Gasteiger partial charge in [-0.25, -0.2) is 0 Å². The van der Waals surface area contributed by atoms with Gasteiger partial charge >= 0.3 is 0 Å². The Morgan fingerprint density at radius 1 is 1.32 bits per heavy atom. The summed E-state index contributed by atoms with van der Waals surface area (Å²) >= 11 is 9.27. The van der Waals surface area contributed by atoms with Gasteiger partial charge in [0.2, 0.25) is 0 Å². The zero-order valence-electron chi connectivity index (χ0n) is 10.7. The summed E-state index contributed by atoms with van der Waals surface area (Å²) in [7, 11) is 0. The number of hydrogen-bond donors (Lipinski definition) is 0. The second-order valence-electron chi connectivity index (χ2n) is 4.82. The minimum absolute atomic E-state index is 0.422. The van der Waals surface area contributed by atoms with Crippen LogP contribution in [-0.4, -0.2) is 23.6 Å². The largest absolute Gasteiger partial charge is 0.305 e. The van der Waals surface area contributed by atoms with Gasteiger partial charge in [-0.2, -0.15) is 0 Å². The number of fused-ring (bicyclic) bond motifs is 1. The summed E-state index contributed by atoms with van der Waals surface area (Å²) in [5.41, 5.74) is 1.11. The van der Waals surface area contributed by atoms with Crippen molar-refractivity contribution in [3.05, 3.63) is 28.8 Å². The monoisotopic (exact) mass is 343 g/mol. The molecule has 1 aliphatic rings. The van der Waals surface area contributed by atoms with E-state index in [1.165, 1.54) is 0 Å². The van der Waals surface area contributed by atoms with Crippen molar-refractivity contribution in [3.8, 4) is 0 Å². The number of carbonyl (C=O) groups excluding carboxylic acids is 2. The maximum absolute atomic E-state index is 12.0. The number of benzene rings is 1. The van der Waals surface area contributed by atoms with Gasteiger partial charge in [-0.3, -0.25) is 9.59 Å². The summed E-state index contributed by atoms with van der Waals surface area (Å²) < 4.78 is 0. The molecule has 0 bridgehead atoms. The molecule has 102 valence electrons. The molecule has 0 spiro atoms. The van der Waals surface area contributed by atoms with Gasteiger partial charge in [-0.05, 0) is 37.0 Å². The van der Waals surface area contributed by atoms with Crippen LogP contribution in [0.5, 0.6) is 0 Å². The van der Waals surface area contributed by atoms with Crippen LogP contribution in [0.3, 0.4) is 0 Å². The van der Waals surface area contributed by atoms with Crippen molar-refractivity contribution >= 4 is 44.9 Å². The number of Topliss-reactive ketones (excluding diaryl/α,β-unsaturated/α-hetero) is 1. The molecule has 1 heterocycles. The quantitative estimate of drug-likeness (QED) is 0.603. The maximum atomic E-state index is 12.0. The van der Waals surface area contributed by atoms with Crippen molar-refractivity contribution in [1.82, 2.24) is 0 Å². The van der Waals surface area contributed by atoms with Crippen molar-refractivity contribution in [2.24, 2.45) is 5.92 Å². The van der Waals surface area contributed by atoms with Gasteiger partial charge in [0.05, 0.1) is 11.3 Å². The summed E-state index contributed by atoms with van der Waals surface area (Å²) in [5.74, 6) is -0.382. The first-order chi connectivity index (χ1) is 9.04. The minimum atomic E-state index is -0.453. The summed E-state index contributed by atoms with van der Waals surface area (Å²) in [6, 6.07) is 5.02. The average Bonchev–Trinajstić information content (AvgIpc) is 2.61. The van der Waals surface area contributed by atoms with Crippen LogP contribution in [-0.2, 0) is 4.79 Å². The van der Waals surface area contributed by atoms with E-state index in [1.54, 1.807) is 23.1 Å². The highest BCUT2D eigenvalue weighted by Gasteiger charge is 2.35. The van der Waals surface area contributed by atoms with Crippen LogP contribution in [0.1, 0.15) is 30.1 Å². The van der Waals surface area contributed by atoms with Gasteiger partial charge in [0, 0.05) is 16.9 Å². The van der Waals surface area contributed by atoms with E-state index >= 15 is 0 Å². The summed E-state index contributed by atoms with van der Waals surface area (Å²) in [4.78, 5) is 25.4. The van der Waals surface area contributed by atoms with Crippen LogP contribution in [0.2, 0.25) is 5.02 Å². The van der Waals surface area contributed by atoms with Crippen LogP contribution < -0.4 is 4.90 Å². The molecule has 2 rings (SSSR count). The topological polar surface area (TPSA) is 37.4 Å². The molecule has 0 saturated carbocycles. The Balaban J connectivity index is 2.15. The molecule has 3 nitrogen and oxygen atoms in total. The lowest BCUT2D eigenvalue weighted by atomic mass is 10.1. The fourth-order valence-corrected chi connectivity index (χ4v) is 3.13. The fraction of sp³-hybridized carbons (Fsp3) is 0.429. The molecule has 0 aromatic heterocycles. The molecule has 1 atom stereocenters. The van der Waals surface area contributed by atoms with Crippen molar-refractivity contribution < 1.29 is 9.59 Å². The number of alkyl halides is 1. The first-order valence-corrected chi connectivity index (χ1v) is 7.76. The highest BCUT2D eigenvalue weighted by Crippen LogP contribution is 2.31. The summed E-state index contributed by atoms with van der Waals surface area (Å²) in [6.07, 6.45) is 1.94. The van der Waals surface area contributed by atoms with E-state index < -0.39 is 11.7 Å². The second kappa shape index (κ2) is 6.06. The molecule has 1 unspecified atom stereocenters. The fourth-order valence-electron chi connectivity index (χ4n) is 2.17. The normalized spacial score (nSPS) is 15.8. The first-order valence-electron chi connectivity index (χ1n) is 6.26. The number of ketones is 1. The molecule has 0 fully saturated rings. The number of amides is 1. The zero-order valence-corrected chi connectivity index (χ0v) is 13.0. The average molecular weight is 345 g/mol. The number of hydrogen-bond acceptors (Lipinski definition) is 2. The van der Waals surface area contributed by atoms with E-state index in [1.807, 2.05) is 0 Å². The summed E-state index contributed by atoms with van der Waals surface area (Å²) in [5, 5.41) is 1.43. The van der Waals surface area contributed by atoms with Crippen LogP contribution in [0, 0.1) is 5.92 Å². The standard InChI is InChI=1S/C14H15BrClNO2/c1-9(4-6-15)5-7-17-12-3-2-10(16)8-11(12)13(18)14(17)19/h2-3,8-9H,4-7H2,1H3. The summed E-state index contributed by atoms with van der Waals surface area (Å²) in [6.45, 7) is 2.72. The number of rotatable bonds is 5.